The number of ether oxygens (including phenoxy) is 1. The van der Waals surface area contributed by atoms with Gasteiger partial charge in [-0.1, -0.05) is 29.8 Å². The van der Waals surface area contributed by atoms with Gasteiger partial charge in [0.1, 0.15) is 5.75 Å². The van der Waals surface area contributed by atoms with Gasteiger partial charge in [-0.15, -0.1) is 12.4 Å². The minimum atomic E-state index is -0.181. The number of amides is 1. The van der Waals surface area contributed by atoms with Crippen molar-refractivity contribution in [3.63, 3.8) is 0 Å². The van der Waals surface area contributed by atoms with Crippen molar-refractivity contribution < 1.29 is 9.53 Å². The second-order valence-corrected chi connectivity index (χ2v) is 5.47. The Morgan fingerprint density at radius 3 is 2.17 bits per heavy atom. The maximum atomic E-state index is 12.0. The number of halogens is 1. The Balaban J connectivity index is 0.00000264. The van der Waals surface area contributed by atoms with Crippen molar-refractivity contribution in [3.8, 4) is 5.75 Å². The van der Waals surface area contributed by atoms with Crippen LogP contribution in [-0.2, 0) is 11.3 Å². The molecule has 0 saturated carbocycles. The van der Waals surface area contributed by atoms with Crippen LogP contribution in [0, 0.1) is 20.8 Å². The number of carbonyl (C=O) groups is 1. The van der Waals surface area contributed by atoms with E-state index in [1.165, 1.54) is 5.56 Å². The second-order valence-electron chi connectivity index (χ2n) is 5.47. The number of rotatable bonds is 5. The van der Waals surface area contributed by atoms with Crippen molar-refractivity contribution in [2.75, 3.05) is 11.9 Å². The van der Waals surface area contributed by atoms with E-state index in [0.29, 0.717) is 6.54 Å². The minimum Gasteiger partial charge on any atom is -0.483 e. The monoisotopic (exact) mass is 334 g/mol. The van der Waals surface area contributed by atoms with Gasteiger partial charge in [0.15, 0.2) is 6.61 Å². The lowest BCUT2D eigenvalue weighted by atomic mass is 10.1. The summed E-state index contributed by atoms with van der Waals surface area (Å²) in [7, 11) is 0. The lowest BCUT2D eigenvalue weighted by Crippen LogP contribution is -2.20. The molecule has 3 N–H and O–H groups in total. The molecule has 5 heteroatoms. The molecule has 0 aliphatic rings. The standard InChI is InChI=1S/C18H22N2O2.ClH/c1-12-8-13(2)18(14(3)9-12)22-11-17(21)20-16-6-4-15(10-19)5-7-16;/h4-9H,10-11,19H2,1-3H3,(H,20,21);1H. The zero-order valence-corrected chi connectivity index (χ0v) is 14.5. The van der Waals surface area contributed by atoms with E-state index in [4.69, 9.17) is 10.5 Å². The lowest BCUT2D eigenvalue weighted by molar-refractivity contribution is -0.118. The number of nitrogens with one attached hydrogen (secondary N) is 1. The van der Waals surface area contributed by atoms with E-state index in [2.05, 4.69) is 5.32 Å². The first-order chi connectivity index (χ1) is 10.5. The van der Waals surface area contributed by atoms with E-state index in [1.54, 1.807) is 0 Å². The van der Waals surface area contributed by atoms with Crippen molar-refractivity contribution in [3.05, 3.63) is 58.7 Å². The Labute approximate surface area is 143 Å². The molecule has 0 fully saturated rings. The van der Waals surface area contributed by atoms with Gasteiger partial charge >= 0.3 is 0 Å². The highest BCUT2D eigenvalue weighted by atomic mass is 35.5. The summed E-state index contributed by atoms with van der Waals surface area (Å²) in [5.41, 5.74) is 10.6. The van der Waals surface area contributed by atoms with Crippen LogP contribution in [0.15, 0.2) is 36.4 Å². The Bertz CT molecular complexity index is 646. The summed E-state index contributed by atoms with van der Waals surface area (Å²) >= 11 is 0. The molecular weight excluding hydrogens is 312 g/mol. The highest BCUT2D eigenvalue weighted by Crippen LogP contribution is 2.24. The largest absolute Gasteiger partial charge is 0.483 e. The lowest BCUT2D eigenvalue weighted by Gasteiger charge is -2.13. The Morgan fingerprint density at radius 1 is 1.09 bits per heavy atom. The molecule has 2 aromatic rings. The molecule has 4 nitrogen and oxygen atoms in total. The Kier molecular flexibility index (Phi) is 7.07. The minimum absolute atomic E-state index is 0. The average molecular weight is 335 g/mol. The van der Waals surface area contributed by atoms with Gasteiger partial charge in [-0.3, -0.25) is 4.79 Å². The number of anilines is 1. The number of nitrogens with two attached hydrogens (primary N) is 1. The molecule has 0 spiro atoms. The number of benzene rings is 2. The third-order valence-corrected chi connectivity index (χ3v) is 3.43. The third-order valence-electron chi connectivity index (χ3n) is 3.43. The topological polar surface area (TPSA) is 64.3 Å². The number of hydrogen-bond donors (Lipinski definition) is 2. The van der Waals surface area contributed by atoms with Crippen molar-refractivity contribution in [1.29, 1.82) is 0 Å². The smallest absolute Gasteiger partial charge is 0.262 e. The quantitative estimate of drug-likeness (QED) is 0.879. The summed E-state index contributed by atoms with van der Waals surface area (Å²) in [6.07, 6.45) is 0. The van der Waals surface area contributed by atoms with Gasteiger partial charge in [-0.2, -0.15) is 0 Å². The molecular formula is C18H23ClN2O2. The molecule has 124 valence electrons. The molecule has 2 aromatic carbocycles. The highest BCUT2D eigenvalue weighted by Gasteiger charge is 2.08. The van der Waals surface area contributed by atoms with Gasteiger partial charge < -0.3 is 15.8 Å². The summed E-state index contributed by atoms with van der Waals surface area (Å²) < 4.78 is 5.67. The molecule has 0 aliphatic carbocycles. The molecule has 0 aromatic heterocycles. The van der Waals surface area contributed by atoms with Crippen LogP contribution in [0.1, 0.15) is 22.3 Å². The van der Waals surface area contributed by atoms with E-state index >= 15 is 0 Å². The normalized spacial score (nSPS) is 9.91. The zero-order valence-electron chi connectivity index (χ0n) is 13.7. The first-order valence-corrected chi connectivity index (χ1v) is 7.29. The van der Waals surface area contributed by atoms with Crippen molar-refractivity contribution >= 4 is 24.0 Å². The molecule has 0 bridgehead atoms. The summed E-state index contributed by atoms with van der Waals surface area (Å²) in [4.78, 5) is 12.0. The van der Waals surface area contributed by atoms with Crippen molar-refractivity contribution in [2.45, 2.75) is 27.3 Å². The second kappa shape index (κ2) is 8.56. The van der Waals surface area contributed by atoms with E-state index in [-0.39, 0.29) is 24.9 Å². The molecule has 23 heavy (non-hydrogen) atoms. The van der Waals surface area contributed by atoms with Crippen LogP contribution in [0.4, 0.5) is 5.69 Å². The van der Waals surface area contributed by atoms with Crippen molar-refractivity contribution in [1.82, 2.24) is 0 Å². The van der Waals surface area contributed by atoms with Gasteiger partial charge in [-0.05, 0) is 49.6 Å². The Morgan fingerprint density at radius 2 is 1.65 bits per heavy atom. The van der Waals surface area contributed by atoms with Crippen LogP contribution in [0.25, 0.3) is 0 Å². The maximum absolute atomic E-state index is 12.0. The molecule has 0 radical (unpaired) electrons. The molecule has 0 unspecified atom stereocenters. The molecule has 1 amide bonds. The first-order valence-electron chi connectivity index (χ1n) is 7.29. The predicted octanol–water partition coefficient (Wildman–Crippen LogP) is 3.51. The van der Waals surface area contributed by atoms with Crippen LogP contribution in [-0.4, -0.2) is 12.5 Å². The molecule has 2 rings (SSSR count). The van der Waals surface area contributed by atoms with E-state index < -0.39 is 0 Å². The van der Waals surface area contributed by atoms with Crippen LogP contribution in [0.5, 0.6) is 5.75 Å². The van der Waals surface area contributed by atoms with Crippen LogP contribution in [0.2, 0.25) is 0 Å². The summed E-state index contributed by atoms with van der Waals surface area (Å²) in [5.74, 6) is 0.596. The van der Waals surface area contributed by atoms with Crippen LogP contribution in [0.3, 0.4) is 0 Å². The SMILES string of the molecule is Cc1cc(C)c(OCC(=O)Nc2ccc(CN)cc2)c(C)c1.Cl. The van der Waals surface area contributed by atoms with Gasteiger partial charge in [0, 0.05) is 12.2 Å². The highest BCUT2D eigenvalue weighted by molar-refractivity contribution is 5.91. The van der Waals surface area contributed by atoms with Gasteiger partial charge in [0.05, 0.1) is 0 Å². The molecule has 0 heterocycles. The number of carbonyl (C=O) groups excluding carboxylic acids is 1. The first kappa shape index (κ1) is 19.0. The predicted molar refractivity (Wildman–Crippen MR) is 96.4 cm³/mol. The molecule has 0 aliphatic heterocycles. The molecule has 0 saturated heterocycles. The average Bonchev–Trinajstić information content (AvgIpc) is 2.47. The maximum Gasteiger partial charge on any atom is 0.262 e. The fraction of sp³-hybridized carbons (Fsp3) is 0.278. The van der Waals surface area contributed by atoms with Crippen LogP contribution >= 0.6 is 12.4 Å². The van der Waals surface area contributed by atoms with Gasteiger partial charge in [0.25, 0.3) is 5.91 Å². The van der Waals surface area contributed by atoms with Gasteiger partial charge in [0.2, 0.25) is 0 Å². The molecule has 0 atom stereocenters. The van der Waals surface area contributed by atoms with Gasteiger partial charge in [-0.25, -0.2) is 0 Å². The van der Waals surface area contributed by atoms with E-state index in [1.807, 2.05) is 57.2 Å². The third kappa shape index (κ3) is 5.27. The van der Waals surface area contributed by atoms with Crippen LogP contribution < -0.4 is 15.8 Å². The fourth-order valence-electron chi connectivity index (χ4n) is 2.45. The fourth-order valence-corrected chi connectivity index (χ4v) is 2.45. The summed E-state index contributed by atoms with van der Waals surface area (Å²) in [5, 5.41) is 2.81. The number of hydrogen-bond acceptors (Lipinski definition) is 3. The van der Waals surface area contributed by atoms with E-state index in [0.717, 1.165) is 28.1 Å². The van der Waals surface area contributed by atoms with Crippen molar-refractivity contribution in [2.24, 2.45) is 5.73 Å². The Hall–Kier alpha value is -2.04. The zero-order chi connectivity index (χ0) is 16.1. The summed E-state index contributed by atoms with van der Waals surface area (Å²) in [6, 6.07) is 11.6. The van der Waals surface area contributed by atoms with E-state index in [9.17, 15) is 4.79 Å². The number of aryl methyl sites for hydroxylation is 3. The summed E-state index contributed by atoms with van der Waals surface area (Å²) in [6.45, 7) is 6.49.